The quantitative estimate of drug-likeness (QED) is 0.0131. The number of aliphatic hydroxyl groups excluding tert-OH is 4. The summed E-state index contributed by atoms with van der Waals surface area (Å²) in [7, 11) is -10.7. The van der Waals surface area contributed by atoms with Crippen LogP contribution >= 0.6 is 15.6 Å². The summed E-state index contributed by atoms with van der Waals surface area (Å²) in [6.07, 6.45) is 29.0. The summed E-state index contributed by atoms with van der Waals surface area (Å²) in [5.74, 6) is -1.28. The molecule has 7 N–H and O–H groups in total. The number of esters is 2. The van der Waals surface area contributed by atoms with Crippen molar-refractivity contribution in [3.63, 3.8) is 0 Å². The summed E-state index contributed by atoms with van der Waals surface area (Å²) in [5.41, 5.74) is 0. The molecule has 1 rings (SSSR count). The number of allylic oxidation sites excluding steroid dienone is 10. The van der Waals surface area contributed by atoms with Gasteiger partial charge in [-0.2, -0.15) is 0 Å². The SMILES string of the molecule is CCCCC/C=C\C/C=C\C/C=C\C/C=C\CCCC(=O)OC[C@H](COP(=O)(O)O[C@H]1C(O)C(O)C(O)[C@@H](OP(=O)(O)O)C1O)OC(=O)CCCCCCCCC/C=C\CCCCCC. The molecule has 1 aliphatic rings. The lowest BCUT2D eigenvalue weighted by molar-refractivity contribution is -0.216. The van der Waals surface area contributed by atoms with Crippen LogP contribution in [-0.4, -0.2) is 103 Å². The largest absolute Gasteiger partial charge is 0.472 e. The fraction of sp³-hybridized carbons (Fsp3) is 0.745. The molecule has 0 bridgehead atoms. The van der Waals surface area contributed by atoms with Crippen LogP contribution in [-0.2, 0) is 41.8 Å². The zero-order chi connectivity index (χ0) is 48.2. The van der Waals surface area contributed by atoms with Gasteiger partial charge in [0, 0.05) is 12.8 Å². The first kappa shape index (κ1) is 60.7. The van der Waals surface area contributed by atoms with Crippen molar-refractivity contribution < 1.29 is 76.9 Å². The predicted molar refractivity (Wildman–Crippen MR) is 250 cm³/mol. The molecule has 1 aliphatic carbocycles. The van der Waals surface area contributed by atoms with E-state index in [4.69, 9.17) is 18.5 Å². The molecule has 0 spiro atoms. The number of phosphoric ester groups is 2. The minimum absolute atomic E-state index is 0.0253. The molecule has 1 fully saturated rings. The summed E-state index contributed by atoms with van der Waals surface area (Å²) in [6, 6.07) is 0. The van der Waals surface area contributed by atoms with Crippen LogP contribution in [0.25, 0.3) is 0 Å². The maximum atomic E-state index is 13.0. The fourth-order valence-corrected chi connectivity index (χ4v) is 8.37. The van der Waals surface area contributed by atoms with E-state index < -0.39 is 83.5 Å². The van der Waals surface area contributed by atoms with Crippen molar-refractivity contribution in [2.75, 3.05) is 13.2 Å². The van der Waals surface area contributed by atoms with E-state index in [9.17, 15) is 53.8 Å². The lowest BCUT2D eigenvalue weighted by Crippen LogP contribution is -2.64. The third-order valence-electron chi connectivity index (χ3n) is 10.6. The summed E-state index contributed by atoms with van der Waals surface area (Å²) in [5, 5.41) is 41.2. The monoisotopic (exact) mass is 965 g/mol. The molecule has 0 aromatic heterocycles. The number of ether oxygens (including phenoxy) is 2. The van der Waals surface area contributed by atoms with E-state index in [-0.39, 0.29) is 12.8 Å². The molecule has 1 saturated carbocycles. The van der Waals surface area contributed by atoms with Gasteiger partial charge in [0.25, 0.3) is 0 Å². The first-order valence-corrected chi connectivity index (χ1v) is 26.9. The van der Waals surface area contributed by atoms with Crippen LogP contribution < -0.4 is 0 Å². The number of carbonyl (C=O) groups excluding carboxylic acids is 2. The Morgan fingerprint density at radius 2 is 0.908 bits per heavy atom. The van der Waals surface area contributed by atoms with E-state index in [1.165, 1.54) is 44.9 Å². The van der Waals surface area contributed by atoms with Gasteiger partial charge in [0.1, 0.15) is 43.2 Å². The first-order valence-electron chi connectivity index (χ1n) is 23.8. The smallest absolute Gasteiger partial charge is 0.462 e. The van der Waals surface area contributed by atoms with Crippen molar-refractivity contribution >= 4 is 27.6 Å². The molecule has 65 heavy (non-hydrogen) atoms. The molecule has 0 aliphatic heterocycles. The van der Waals surface area contributed by atoms with E-state index in [0.29, 0.717) is 19.3 Å². The van der Waals surface area contributed by atoms with Crippen molar-refractivity contribution in [2.45, 2.75) is 211 Å². The van der Waals surface area contributed by atoms with Crippen molar-refractivity contribution in [1.29, 1.82) is 0 Å². The number of carbonyl (C=O) groups is 2. The van der Waals surface area contributed by atoms with Gasteiger partial charge in [-0.25, -0.2) is 9.13 Å². The second kappa shape index (κ2) is 37.7. The lowest BCUT2D eigenvalue weighted by Gasteiger charge is -2.43. The molecule has 0 heterocycles. The van der Waals surface area contributed by atoms with Gasteiger partial charge in [-0.05, 0) is 77.0 Å². The Bertz CT molecular complexity index is 1490. The number of aliphatic hydroxyl groups is 4. The maximum absolute atomic E-state index is 13.0. The highest BCUT2D eigenvalue weighted by molar-refractivity contribution is 7.47. The van der Waals surface area contributed by atoms with Gasteiger partial charge < -0.3 is 44.6 Å². The van der Waals surface area contributed by atoms with Gasteiger partial charge >= 0.3 is 27.6 Å². The topological polar surface area (TPSA) is 256 Å². The Morgan fingerprint density at radius 3 is 1.45 bits per heavy atom. The third kappa shape index (κ3) is 32.2. The molecule has 18 heteroatoms. The summed E-state index contributed by atoms with van der Waals surface area (Å²) in [4.78, 5) is 54.2. The molecule has 0 aromatic carbocycles. The molecule has 376 valence electrons. The average Bonchev–Trinajstić information content (AvgIpc) is 3.26. The van der Waals surface area contributed by atoms with Gasteiger partial charge in [-0.3, -0.25) is 23.2 Å². The van der Waals surface area contributed by atoms with E-state index in [2.05, 4.69) is 67.0 Å². The van der Waals surface area contributed by atoms with Crippen molar-refractivity contribution in [3.05, 3.63) is 60.8 Å². The van der Waals surface area contributed by atoms with Crippen LogP contribution in [0.15, 0.2) is 60.8 Å². The molecule has 0 radical (unpaired) electrons. The van der Waals surface area contributed by atoms with E-state index >= 15 is 0 Å². The Hall–Kier alpha value is -2.30. The van der Waals surface area contributed by atoms with Crippen LogP contribution in [0.1, 0.15) is 168 Å². The number of hydrogen-bond acceptors (Lipinski definition) is 13. The van der Waals surface area contributed by atoms with Crippen LogP contribution in [0.4, 0.5) is 0 Å². The zero-order valence-electron chi connectivity index (χ0n) is 38.9. The molecule has 16 nitrogen and oxygen atoms in total. The Balaban J connectivity index is 2.64. The van der Waals surface area contributed by atoms with Crippen LogP contribution in [0.5, 0.6) is 0 Å². The number of unbranched alkanes of at least 4 members (excludes halogenated alkanes) is 15. The van der Waals surface area contributed by atoms with Gasteiger partial charge in [0.05, 0.1) is 6.61 Å². The number of hydrogen-bond donors (Lipinski definition) is 7. The Morgan fingerprint density at radius 1 is 0.492 bits per heavy atom. The third-order valence-corrected chi connectivity index (χ3v) is 12.1. The van der Waals surface area contributed by atoms with Gasteiger partial charge in [0.15, 0.2) is 6.10 Å². The van der Waals surface area contributed by atoms with E-state index in [0.717, 1.165) is 77.0 Å². The molecule has 5 unspecified atom stereocenters. The normalized spacial score (nSPS) is 22.2. The summed E-state index contributed by atoms with van der Waals surface area (Å²) < 4.78 is 49.3. The first-order chi connectivity index (χ1) is 31.1. The predicted octanol–water partition coefficient (Wildman–Crippen LogP) is 9.06. The standard InChI is InChI=1S/C47H82O16P2/c1-3-5-7-9-11-13-15-17-19-20-22-23-25-27-29-31-33-35-40(48)59-37-39(61-41(49)36-34-32-30-28-26-24-21-18-16-14-12-10-8-6-4-2)38-60-65(57,58)63-47-44(52)42(50)43(51)46(45(47)53)62-64(54,55)56/h11,13-14,16-17,19,22-23,27,29,39,42-47,50-53H,3-10,12,15,18,20-21,24-26,28,30-38H2,1-2H3,(H,57,58)(H2,54,55,56)/b13-11-,16-14-,19-17-,23-22-,29-27-/t39-,42?,43?,44?,45?,46-,47+/m1/s1. The molecular weight excluding hydrogens is 882 g/mol. The second-order valence-electron chi connectivity index (χ2n) is 16.5. The zero-order valence-corrected chi connectivity index (χ0v) is 40.7. The Kier molecular flexibility index (Phi) is 35.2. The van der Waals surface area contributed by atoms with Gasteiger partial charge in [-0.1, -0.05) is 139 Å². The molecule has 8 atom stereocenters. The summed E-state index contributed by atoms with van der Waals surface area (Å²) >= 11 is 0. The number of phosphoric acid groups is 2. The lowest BCUT2D eigenvalue weighted by atomic mass is 9.85. The Labute approximate surface area is 388 Å². The minimum Gasteiger partial charge on any atom is -0.462 e. The molecule has 0 amide bonds. The van der Waals surface area contributed by atoms with E-state index in [1.807, 2.05) is 12.2 Å². The highest BCUT2D eigenvalue weighted by Crippen LogP contribution is 2.49. The second-order valence-corrected chi connectivity index (χ2v) is 19.1. The fourth-order valence-electron chi connectivity index (χ4n) is 6.84. The van der Waals surface area contributed by atoms with Crippen molar-refractivity contribution in [2.24, 2.45) is 0 Å². The minimum atomic E-state index is -5.37. The highest BCUT2D eigenvalue weighted by Gasteiger charge is 2.54. The highest BCUT2D eigenvalue weighted by atomic mass is 31.2. The van der Waals surface area contributed by atoms with Crippen LogP contribution in [0.2, 0.25) is 0 Å². The van der Waals surface area contributed by atoms with Crippen molar-refractivity contribution in [3.8, 4) is 0 Å². The summed E-state index contributed by atoms with van der Waals surface area (Å²) in [6.45, 7) is 3.01. The van der Waals surface area contributed by atoms with Crippen LogP contribution in [0, 0.1) is 0 Å². The molecule has 0 aromatic rings. The van der Waals surface area contributed by atoms with E-state index in [1.54, 1.807) is 0 Å². The van der Waals surface area contributed by atoms with Crippen LogP contribution in [0.3, 0.4) is 0 Å². The number of rotatable bonds is 39. The molecular formula is C47H82O16P2. The van der Waals surface area contributed by atoms with Gasteiger partial charge in [0.2, 0.25) is 0 Å². The maximum Gasteiger partial charge on any atom is 0.472 e. The average molecular weight is 965 g/mol. The molecule has 0 saturated heterocycles. The van der Waals surface area contributed by atoms with Gasteiger partial charge in [-0.15, -0.1) is 0 Å². The van der Waals surface area contributed by atoms with Crippen molar-refractivity contribution in [1.82, 2.24) is 0 Å².